The standard InChI is InChI=1S/C10H9BrF3N5/c11-7-3-6(4-8(15)5-7)9-16-17-18-19(9)2-1-10(12,13)14/h3-5H,1-2,15H2. The van der Waals surface area contributed by atoms with Crippen LogP contribution in [0.5, 0.6) is 0 Å². The van der Waals surface area contributed by atoms with E-state index in [0.29, 0.717) is 15.7 Å². The highest BCUT2D eigenvalue weighted by atomic mass is 79.9. The molecule has 0 spiro atoms. The van der Waals surface area contributed by atoms with Gasteiger partial charge in [-0.3, -0.25) is 0 Å². The summed E-state index contributed by atoms with van der Waals surface area (Å²) in [5.41, 5.74) is 6.69. The van der Waals surface area contributed by atoms with Gasteiger partial charge < -0.3 is 5.73 Å². The summed E-state index contributed by atoms with van der Waals surface area (Å²) in [5.74, 6) is 0.247. The molecular formula is C10H9BrF3N5. The molecule has 5 nitrogen and oxygen atoms in total. The Morgan fingerprint density at radius 3 is 2.63 bits per heavy atom. The number of benzene rings is 1. The van der Waals surface area contributed by atoms with Gasteiger partial charge in [0.25, 0.3) is 0 Å². The summed E-state index contributed by atoms with van der Waals surface area (Å²) < 4.78 is 38.4. The van der Waals surface area contributed by atoms with Crippen molar-refractivity contribution in [2.24, 2.45) is 0 Å². The maximum Gasteiger partial charge on any atom is 0.390 e. The number of aryl methyl sites for hydroxylation is 1. The van der Waals surface area contributed by atoms with Crippen molar-refractivity contribution in [1.82, 2.24) is 20.2 Å². The molecule has 2 rings (SSSR count). The van der Waals surface area contributed by atoms with Crippen molar-refractivity contribution in [3.63, 3.8) is 0 Å². The molecular weight excluding hydrogens is 327 g/mol. The summed E-state index contributed by atoms with van der Waals surface area (Å²) >= 11 is 3.26. The highest BCUT2D eigenvalue weighted by Gasteiger charge is 2.27. The lowest BCUT2D eigenvalue weighted by Crippen LogP contribution is -2.14. The number of halogens is 4. The Labute approximate surface area is 114 Å². The number of aromatic nitrogens is 4. The van der Waals surface area contributed by atoms with Crippen LogP contribution in [0.3, 0.4) is 0 Å². The number of anilines is 1. The monoisotopic (exact) mass is 335 g/mol. The fraction of sp³-hybridized carbons (Fsp3) is 0.300. The van der Waals surface area contributed by atoms with Gasteiger partial charge in [-0.2, -0.15) is 13.2 Å². The molecule has 0 saturated heterocycles. The SMILES string of the molecule is Nc1cc(Br)cc(-c2nnnn2CCC(F)(F)F)c1. The van der Waals surface area contributed by atoms with Crippen LogP contribution in [0.25, 0.3) is 11.4 Å². The number of rotatable bonds is 3. The average molecular weight is 336 g/mol. The molecule has 0 radical (unpaired) electrons. The second kappa shape index (κ2) is 5.16. The molecule has 0 saturated carbocycles. The van der Waals surface area contributed by atoms with E-state index in [-0.39, 0.29) is 12.4 Å². The lowest BCUT2D eigenvalue weighted by molar-refractivity contribution is -0.137. The van der Waals surface area contributed by atoms with E-state index in [2.05, 4.69) is 31.5 Å². The van der Waals surface area contributed by atoms with E-state index >= 15 is 0 Å². The van der Waals surface area contributed by atoms with E-state index in [9.17, 15) is 13.2 Å². The lowest BCUT2D eigenvalue weighted by Gasteiger charge is -2.08. The Balaban J connectivity index is 2.28. The van der Waals surface area contributed by atoms with Crippen LogP contribution in [0.15, 0.2) is 22.7 Å². The van der Waals surface area contributed by atoms with Crippen LogP contribution in [0.4, 0.5) is 18.9 Å². The molecule has 0 atom stereocenters. The minimum Gasteiger partial charge on any atom is -0.399 e. The average Bonchev–Trinajstić information content (AvgIpc) is 2.72. The Morgan fingerprint density at radius 1 is 1.26 bits per heavy atom. The van der Waals surface area contributed by atoms with Gasteiger partial charge in [0.05, 0.1) is 13.0 Å². The zero-order valence-corrected chi connectivity index (χ0v) is 11.1. The van der Waals surface area contributed by atoms with Gasteiger partial charge in [0, 0.05) is 15.7 Å². The molecule has 1 heterocycles. The number of alkyl halides is 3. The number of nitrogen functional groups attached to an aromatic ring is 1. The summed E-state index contributed by atoms with van der Waals surface area (Å²) in [4.78, 5) is 0. The minimum atomic E-state index is -4.25. The molecule has 102 valence electrons. The van der Waals surface area contributed by atoms with Crippen LogP contribution in [-0.2, 0) is 6.54 Å². The molecule has 1 aromatic carbocycles. The number of nitrogens with two attached hydrogens (primary N) is 1. The quantitative estimate of drug-likeness (QED) is 0.875. The first kappa shape index (κ1) is 13.8. The first-order chi connectivity index (χ1) is 8.85. The van der Waals surface area contributed by atoms with Gasteiger partial charge >= 0.3 is 6.18 Å². The van der Waals surface area contributed by atoms with Gasteiger partial charge in [0.15, 0.2) is 5.82 Å². The fourth-order valence-corrected chi connectivity index (χ4v) is 2.05. The Bertz CT molecular complexity index is 561. The number of hydrogen-bond acceptors (Lipinski definition) is 4. The third-order valence-corrected chi connectivity index (χ3v) is 2.78. The largest absolute Gasteiger partial charge is 0.399 e. The molecule has 19 heavy (non-hydrogen) atoms. The fourth-order valence-electron chi connectivity index (χ4n) is 1.54. The maximum atomic E-state index is 12.2. The van der Waals surface area contributed by atoms with Gasteiger partial charge in [0.1, 0.15) is 0 Å². The lowest BCUT2D eigenvalue weighted by atomic mass is 10.2. The summed E-state index contributed by atoms with van der Waals surface area (Å²) in [6, 6.07) is 4.96. The molecule has 0 unspecified atom stereocenters. The van der Waals surface area contributed by atoms with Crippen molar-refractivity contribution in [3.05, 3.63) is 22.7 Å². The first-order valence-corrected chi connectivity index (χ1v) is 6.04. The zero-order chi connectivity index (χ0) is 14.0. The molecule has 2 aromatic rings. The van der Waals surface area contributed by atoms with E-state index in [0.717, 1.165) is 4.68 Å². The Morgan fingerprint density at radius 2 is 2.00 bits per heavy atom. The Hall–Kier alpha value is -1.64. The predicted octanol–water partition coefficient (Wildman–Crippen LogP) is 2.64. The third-order valence-electron chi connectivity index (χ3n) is 2.32. The second-order valence-corrected chi connectivity index (χ2v) is 4.78. The van der Waals surface area contributed by atoms with Crippen molar-refractivity contribution in [2.45, 2.75) is 19.1 Å². The van der Waals surface area contributed by atoms with Crippen molar-refractivity contribution in [2.75, 3.05) is 5.73 Å². The van der Waals surface area contributed by atoms with Gasteiger partial charge in [-0.05, 0) is 28.6 Å². The summed E-state index contributed by atoms with van der Waals surface area (Å²) in [7, 11) is 0. The van der Waals surface area contributed by atoms with E-state index < -0.39 is 12.6 Å². The van der Waals surface area contributed by atoms with Crippen molar-refractivity contribution in [1.29, 1.82) is 0 Å². The molecule has 0 amide bonds. The van der Waals surface area contributed by atoms with Crippen molar-refractivity contribution < 1.29 is 13.2 Å². The van der Waals surface area contributed by atoms with Crippen molar-refractivity contribution >= 4 is 21.6 Å². The Kier molecular flexibility index (Phi) is 3.74. The molecule has 0 aliphatic heterocycles. The normalized spacial score (nSPS) is 11.8. The van der Waals surface area contributed by atoms with E-state index in [1.807, 2.05) is 0 Å². The van der Waals surface area contributed by atoms with Gasteiger partial charge in [-0.15, -0.1) is 5.10 Å². The topological polar surface area (TPSA) is 69.6 Å². The van der Waals surface area contributed by atoms with Crippen molar-refractivity contribution in [3.8, 4) is 11.4 Å². The molecule has 0 fully saturated rings. The third kappa shape index (κ3) is 3.66. The number of hydrogen-bond donors (Lipinski definition) is 1. The maximum absolute atomic E-state index is 12.2. The van der Waals surface area contributed by atoms with Crippen LogP contribution in [-0.4, -0.2) is 26.4 Å². The highest BCUT2D eigenvalue weighted by Crippen LogP contribution is 2.26. The van der Waals surface area contributed by atoms with Crippen LogP contribution in [0.1, 0.15) is 6.42 Å². The van der Waals surface area contributed by atoms with Crippen LogP contribution in [0, 0.1) is 0 Å². The van der Waals surface area contributed by atoms with E-state index in [1.54, 1.807) is 18.2 Å². The number of nitrogens with zero attached hydrogens (tertiary/aromatic N) is 4. The molecule has 2 N–H and O–H groups in total. The van der Waals surface area contributed by atoms with Gasteiger partial charge in [-0.1, -0.05) is 15.9 Å². The zero-order valence-electron chi connectivity index (χ0n) is 9.52. The van der Waals surface area contributed by atoms with Gasteiger partial charge in [-0.25, -0.2) is 4.68 Å². The highest BCUT2D eigenvalue weighted by molar-refractivity contribution is 9.10. The molecule has 9 heteroatoms. The first-order valence-electron chi connectivity index (χ1n) is 5.24. The molecule has 0 aliphatic rings. The predicted molar refractivity (Wildman–Crippen MR) is 66.0 cm³/mol. The van der Waals surface area contributed by atoms with Gasteiger partial charge in [0.2, 0.25) is 0 Å². The molecule has 0 bridgehead atoms. The summed E-state index contributed by atoms with van der Waals surface area (Å²) in [6.45, 7) is -0.335. The van der Waals surface area contributed by atoms with E-state index in [4.69, 9.17) is 5.73 Å². The van der Waals surface area contributed by atoms with E-state index in [1.165, 1.54) is 0 Å². The molecule has 1 aromatic heterocycles. The minimum absolute atomic E-state index is 0.247. The molecule has 0 aliphatic carbocycles. The summed E-state index contributed by atoms with van der Waals surface area (Å²) in [6.07, 6.45) is -5.24. The summed E-state index contributed by atoms with van der Waals surface area (Å²) in [5, 5.41) is 10.7. The second-order valence-electron chi connectivity index (χ2n) is 3.86. The van der Waals surface area contributed by atoms with Crippen LogP contribution >= 0.6 is 15.9 Å². The van der Waals surface area contributed by atoms with Crippen LogP contribution in [0.2, 0.25) is 0 Å². The van der Waals surface area contributed by atoms with Crippen LogP contribution < -0.4 is 5.73 Å². The smallest absolute Gasteiger partial charge is 0.390 e. The number of tetrazole rings is 1.